The van der Waals surface area contributed by atoms with E-state index in [1.165, 1.54) is 11.3 Å². The van der Waals surface area contributed by atoms with Crippen LogP contribution in [0, 0.1) is 6.92 Å². The van der Waals surface area contributed by atoms with Crippen LogP contribution >= 0.6 is 0 Å². The summed E-state index contributed by atoms with van der Waals surface area (Å²) in [5.41, 5.74) is 6.37. The number of hydrogen-bond acceptors (Lipinski definition) is 5. The van der Waals surface area contributed by atoms with E-state index in [2.05, 4.69) is 84.2 Å². The number of aromatic hydroxyl groups is 1. The number of piperazine rings is 1. The third-order valence-corrected chi connectivity index (χ3v) is 6.42. The summed E-state index contributed by atoms with van der Waals surface area (Å²) in [7, 11) is 0. The first-order valence-electron chi connectivity index (χ1n) is 11.2. The summed E-state index contributed by atoms with van der Waals surface area (Å²) in [6, 6.07) is 13.6. The molecule has 3 N–H and O–H groups in total. The van der Waals surface area contributed by atoms with E-state index in [1.807, 2.05) is 0 Å². The molecule has 6 heteroatoms. The Hall–Kier alpha value is -2.99. The molecule has 0 unspecified atom stereocenters. The number of benzene rings is 2. The topological polar surface area (TPSA) is 66.9 Å². The molecule has 1 atom stereocenters. The molecule has 1 aromatic heterocycles. The number of aromatic amines is 1. The minimum atomic E-state index is 0.180. The minimum Gasteiger partial charge on any atom is -0.494 e. The molecule has 0 spiro atoms. The second-order valence-electron chi connectivity index (χ2n) is 9.17. The summed E-state index contributed by atoms with van der Waals surface area (Å²) < 4.78 is 0. The Morgan fingerprint density at radius 3 is 2.77 bits per heavy atom. The van der Waals surface area contributed by atoms with E-state index in [0.717, 1.165) is 59.7 Å². The fourth-order valence-corrected chi connectivity index (χ4v) is 4.76. The predicted molar refractivity (Wildman–Crippen MR) is 128 cm³/mol. The van der Waals surface area contributed by atoms with Gasteiger partial charge in [-0.3, -0.25) is 0 Å². The molecular weight excluding hydrogens is 386 g/mol. The van der Waals surface area contributed by atoms with E-state index in [9.17, 15) is 5.11 Å². The molecule has 3 aromatic rings. The van der Waals surface area contributed by atoms with Crippen molar-refractivity contribution in [1.82, 2.24) is 15.2 Å². The third-order valence-electron chi connectivity index (χ3n) is 6.42. The van der Waals surface area contributed by atoms with Gasteiger partial charge in [0.15, 0.2) is 0 Å². The van der Waals surface area contributed by atoms with Gasteiger partial charge in [-0.2, -0.15) is 0 Å². The number of aromatic nitrogens is 1. The molecule has 0 radical (unpaired) electrons. The lowest BCUT2D eigenvalue weighted by Crippen LogP contribution is -2.49. The standard InChI is InChI=1S/C25H31N5O/c1-15(2)30-14-18-12-19(29-10-9-26-17(4)13-29)6-8-21(18)27-24(30)23-20-7-5-16(3)11-22(20)28-25(23)31/h5-8,11-12,15,17,26,28,31H,9-10,13-14H2,1-4H3/t17-/m0/s1. The monoisotopic (exact) mass is 417 g/mol. The van der Waals surface area contributed by atoms with Crippen LogP contribution in [0.4, 0.5) is 11.4 Å². The smallest absolute Gasteiger partial charge is 0.200 e. The summed E-state index contributed by atoms with van der Waals surface area (Å²) in [4.78, 5) is 12.9. The normalized spacial score (nSPS) is 19.1. The molecule has 5 rings (SSSR count). The van der Waals surface area contributed by atoms with Crippen molar-refractivity contribution in [1.29, 1.82) is 0 Å². The average molecular weight is 418 g/mol. The molecule has 1 saturated heterocycles. The van der Waals surface area contributed by atoms with E-state index in [0.29, 0.717) is 6.04 Å². The molecule has 0 saturated carbocycles. The lowest BCUT2D eigenvalue weighted by molar-refractivity contribution is 0.338. The summed E-state index contributed by atoms with van der Waals surface area (Å²) in [5.74, 6) is 1.01. The highest BCUT2D eigenvalue weighted by molar-refractivity contribution is 6.13. The lowest BCUT2D eigenvalue weighted by Gasteiger charge is -2.36. The lowest BCUT2D eigenvalue weighted by atomic mass is 10.0. The molecule has 6 nitrogen and oxygen atoms in total. The van der Waals surface area contributed by atoms with Gasteiger partial charge < -0.3 is 25.2 Å². The molecular formula is C25H31N5O. The molecule has 0 aliphatic carbocycles. The molecule has 0 amide bonds. The molecule has 1 fully saturated rings. The highest BCUT2D eigenvalue weighted by Gasteiger charge is 2.28. The van der Waals surface area contributed by atoms with Crippen molar-refractivity contribution in [2.45, 2.75) is 46.3 Å². The molecule has 2 aromatic carbocycles. The van der Waals surface area contributed by atoms with Gasteiger partial charge in [0.25, 0.3) is 0 Å². The average Bonchev–Trinajstić information content (AvgIpc) is 3.06. The SMILES string of the molecule is Cc1ccc2c(C3=Nc4ccc(N5CCN[C@@H](C)C5)cc4CN3C(C)C)c(O)[nH]c2c1. The second kappa shape index (κ2) is 7.61. The van der Waals surface area contributed by atoms with Gasteiger partial charge in [-0.25, -0.2) is 4.99 Å². The maximum Gasteiger partial charge on any atom is 0.200 e. The van der Waals surface area contributed by atoms with Crippen LogP contribution in [0.25, 0.3) is 10.9 Å². The van der Waals surface area contributed by atoms with Crippen LogP contribution in [0.2, 0.25) is 0 Å². The minimum absolute atomic E-state index is 0.180. The molecule has 162 valence electrons. The van der Waals surface area contributed by atoms with Crippen molar-refractivity contribution in [3.05, 3.63) is 53.1 Å². The molecule has 2 aliphatic heterocycles. The van der Waals surface area contributed by atoms with Gasteiger partial charge in [-0.15, -0.1) is 0 Å². The fraction of sp³-hybridized carbons (Fsp3) is 0.400. The number of amidine groups is 1. The predicted octanol–water partition coefficient (Wildman–Crippen LogP) is 4.28. The van der Waals surface area contributed by atoms with Crippen molar-refractivity contribution in [2.75, 3.05) is 24.5 Å². The maximum absolute atomic E-state index is 10.8. The first kappa shape index (κ1) is 19.9. The number of nitrogens with zero attached hydrogens (tertiary/aromatic N) is 3. The van der Waals surface area contributed by atoms with Crippen molar-refractivity contribution >= 4 is 28.1 Å². The maximum atomic E-state index is 10.8. The van der Waals surface area contributed by atoms with Gasteiger partial charge in [-0.05, 0) is 63.1 Å². The zero-order chi connectivity index (χ0) is 21.7. The highest BCUT2D eigenvalue weighted by Crippen LogP contribution is 2.37. The Kier molecular flexibility index (Phi) is 4.89. The number of aryl methyl sites for hydroxylation is 1. The summed E-state index contributed by atoms with van der Waals surface area (Å²) >= 11 is 0. The first-order chi connectivity index (χ1) is 14.9. The van der Waals surface area contributed by atoms with Gasteiger partial charge in [0, 0.05) is 54.9 Å². The number of nitrogens with one attached hydrogen (secondary N) is 2. The van der Waals surface area contributed by atoms with E-state index >= 15 is 0 Å². The zero-order valence-corrected chi connectivity index (χ0v) is 18.7. The van der Waals surface area contributed by atoms with Crippen LogP contribution in [0.1, 0.15) is 37.5 Å². The number of H-pyrrole nitrogens is 1. The molecule has 31 heavy (non-hydrogen) atoms. The van der Waals surface area contributed by atoms with Gasteiger partial charge in [0.2, 0.25) is 5.88 Å². The van der Waals surface area contributed by atoms with E-state index < -0.39 is 0 Å². The van der Waals surface area contributed by atoms with Crippen LogP contribution in [-0.4, -0.2) is 52.5 Å². The fourth-order valence-electron chi connectivity index (χ4n) is 4.76. The number of hydrogen-bond donors (Lipinski definition) is 3. The van der Waals surface area contributed by atoms with Crippen LogP contribution in [0.15, 0.2) is 41.4 Å². The third kappa shape index (κ3) is 3.55. The Labute approximate surface area is 183 Å². The van der Waals surface area contributed by atoms with Crippen molar-refractivity contribution in [3.8, 4) is 5.88 Å². The summed E-state index contributed by atoms with van der Waals surface area (Å²) in [6.45, 7) is 12.5. The Morgan fingerprint density at radius 2 is 2.00 bits per heavy atom. The van der Waals surface area contributed by atoms with E-state index in [1.54, 1.807) is 0 Å². The second-order valence-corrected chi connectivity index (χ2v) is 9.17. The molecule has 3 heterocycles. The van der Waals surface area contributed by atoms with Crippen LogP contribution in [0.3, 0.4) is 0 Å². The summed E-state index contributed by atoms with van der Waals surface area (Å²) in [6.07, 6.45) is 0. The van der Waals surface area contributed by atoms with Crippen molar-refractivity contribution < 1.29 is 5.11 Å². The number of rotatable bonds is 3. The van der Waals surface area contributed by atoms with Gasteiger partial charge >= 0.3 is 0 Å². The quantitative estimate of drug-likeness (QED) is 0.595. The molecule has 0 bridgehead atoms. The van der Waals surface area contributed by atoms with Gasteiger partial charge in [0.1, 0.15) is 5.84 Å². The van der Waals surface area contributed by atoms with Gasteiger partial charge in [-0.1, -0.05) is 12.1 Å². The molecule has 2 aliphatic rings. The Bertz CT molecular complexity index is 1160. The van der Waals surface area contributed by atoms with Crippen LogP contribution < -0.4 is 10.2 Å². The number of aliphatic imine (C=N–C) groups is 1. The van der Waals surface area contributed by atoms with Gasteiger partial charge in [0.05, 0.1) is 11.3 Å². The number of anilines is 1. The first-order valence-corrected chi connectivity index (χ1v) is 11.2. The summed E-state index contributed by atoms with van der Waals surface area (Å²) in [5, 5.41) is 15.3. The number of fused-ring (bicyclic) bond motifs is 2. The van der Waals surface area contributed by atoms with E-state index in [4.69, 9.17) is 4.99 Å². The van der Waals surface area contributed by atoms with E-state index in [-0.39, 0.29) is 11.9 Å². The largest absolute Gasteiger partial charge is 0.494 e. The van der Waals surface area contributed by atoms with Crippen molar-refractivity contribution in [2.24, 2.45) is 4.99 Å². The Balaban J connectivity index is 1.59. The highest BCUT2D eigenvalue weighted by atomic mass is 16.3. The van der Waals surface area contributed by atoms with Crippen molar-refractivity contribution in [3.63, 3.8) is 0 Å². The van der Waals surface area contributed by atoms with Crippen LogP contribution in [-0.2, 0) is 6.54 Å². The van der Waals surface area contributed by atoms with Crippen LogP contribution in [0.5, 0.6) is 5.88 Å². The zero-order valence-electron chi connectivity index (χ0n) is 18.7. The Morgan fingerprint density at radius 1 is 1.16 bits per heavy atom.